The summed E-state index contributed by atoms with van der Waals surface area (Å²) >= 11 is 3.55. The van der Waals surface area contributed by atoms with Crippen LogP contribution in [0, 0.1) is 0 Å². The molecule has 2 rings (SSSR count). The maximum Gasteiger partial charge on any atom is 0.261 e. The summed E-state index contributed by atoms with van der Waals surface area (Å²) in [7, 11) is 1.61. The van der Waals surface area contributed by atoms with Crippen molar-refractivity contribution >= 4 is 27.7 Å². The molecule has 0 aliphatic heterocycles. The van der Waals surface area contributed by atoms with Gasteiger partial charge in [-0.15, -0.1) is 0 Å². The molecular formula is C27H37BrN2O4. The molecule has 1 N–H and O–H groups in total. The number of unbranched alkanes of at least 4 members (excludes halogenated alkanes) is 1. The highest BCUT2D eigenvalue weighted by atomic mass is 79.9. The third-order valence-electron chi connectivity index (χ3n) is 5.68. The van der Waals surface area contributed by atoms with E-state index in [9.17, 15) is 9.59 Å². The highest BCUT2D eigenvalue weighted by Gasteiger charge is 2.29. The van der Waals surface area contributed by atoms with Crippen LogP contribution in [0.2, 0.25) is 0 Å². The van der Waals surface area contributed by atoms with Crippen LogP contribution in [0.3, 0.4) is 0 Å². The Kier molecular flexibility index (Phi) is 11.4. The predicted octanol–water partition coefficient (Wildman–Crippen LogP) is 5.68. The molecule has 0 fully saturated rings. The van der Waals surface area contributed by atoms with E-state index in [0.717, 1.165) is 22.9 Å². The standard InChI is InChI=1S/C27H37BrN2O4/c1-6-8-14-29-27(32)24(7-2)30(17-20-10-9-11-22(15-20)33-5)26(31)18-34-25-13-12-21(19(3)4)16-23(25)28/h9-13,15-16,19,24H,6-8,14,17-18H2,1-5H3,(H,29,32). The van der Waals surface area contributed by atoms with Gasteiger partial charge in [-0.3, -0.25) is 9.59 Å². The lowest BCUT2D eigenvalue weighted by Gasteiger charge is -2.30. The molecule has 0 bridgehead atoms. The number of carbonyl (C=O) groups is 2. The molecule has 186 valence electrons. The number of halogens is 1. The van der Waals surface area contributed by atoms with E-state index in [1.807, 2.05) is 49.4 Å². The lowest BCUT2D eigenvalue weighted by atomic mass is 10.0. The zero-order chi connectivity index (χ0) is 25.1. The Morgan fingerprint density at radius 1 is 1.12 bits per heavy atom. The number of rotatable bonds is 13. The fourth-order valence-electron chi connectivity index (χ4n) is 3.61. The van der Waals surface area contributed by atoms with Crippen LogP contribution in [0.4, 0.5) is 0 Å². The van der Waals surface area contributed by atoms with Gasteiger partial charge >= 0.3 is 0 Å². The number of methoxy groups -OCH3 is 1. The first-order chi connectivity index (χ1) is 16.3. The number of ether oxygens (including phenoxy) is 2. The minimum absolute atomic E-state index is 0.144. The average Bonchev–Trinajstić information content (AvgIpc) is 2.83. The summed E-state index contributed by atoms with van der Waals surface area (Å²) in [6.45, 7) is 8.95. The summed E-state index contributed by atoms with van der Waals surface area (Å²) in [5.41, 5.74) is 2.06. The molecule has 1 unspecified atom stereocenters. The van der Waals surface area contributed by atoms with Gasteiger partial charge in [0, 0.05) is 13.1 Å². The normalized spacial score (nSPS) is 11.7. The van der Waals surface area contributed by atoms with Crippen molar-refractivity contribution in [2.24, 2.45) is 0 Å². The van der Waals surface area contributed by atoms with Gasteiger partial charge in [0.15, 0.2) is 6.61 Å². The zero-order valence-electron chi connectivity index (χ0n) is 20.9. The second-order valence-corrected chi connectivity index (χ2v) is 9.43. The van der Waals surface area contributed by atoms with Crippen molar-refractivity contribution in [3.63, 3.8) is 0 Å². The Morgan fingerprint density at radius 3 is 2.50 bits per heavy atom. The monoisotopic (exact) mass is 532 g/mol. The molecule has 7 heteroatoms. The highest BCUT2D eigenvalue weighted by molar-refractivity contribution is 9.10. The van der Waals surface area contributed by atoms with Crippen LogP contribution in [0.15, 0.2) is 46.9 Å². The number of amides is 2. The summed E-state index contributed by atoms with van der Waals surface area (Å²) in [5.74, 6) is 1.30. The van der Waals surface area contributed by atoms with Crippen molar-refractivity contribution in [1.29, 1.82) is 0 Å². The van der Waals surface area contributed by atoms with E-state index < -0.39 is 6.04 Å². The number of benzene rings is 2. The van der Waals surface area contributed by atoms with Gasteiger partial charge in [0.1, 0.15) is 17.5 Å². The van der Waals surface area contributed by atoms with E-state index in [4.69, 9.17) is 9.47 Å². The topological polar surface area (TPSA) is 67.9 Å². The van der Waals surface area contributed by atoms with Crippen LogP contribution in [-0.2, 0) is 16.1 Å². The first-order valence-corrected chi connectivity index (χ1v) is 12.7. The second kappa shape index (κ2) is 14.0. The van der Waals surface area contributed by atoms with E-state index in [0.29, 0.717) is 30.4 Å². The number of hydrogen-bond donors (Lipinski definition) is 1. The predicted molar refractivity (Wildman–Crippen MR) is 139 cm³/mol. The average molecular weight is 534 g/mol. The SMILES string of the molecule is CCCCNC(=O)C(CC)N(Cc1cccc(OC)c1)C(=O)COc1ccc(C(C)C)cc1Br. The zero-order valence-corrected chi connectivity index (χ0v) is 22.5. The maximum absolute atomic E-state index is 13.4. The van der Waals surface area contributed by atoms with Crippen LogP contribution >= 0.6 is 15.9 Å². The molecule has 2 amide bonds. The molecule has 0 heterocycles. The fraction of sp³-hybridized carbons (Fsp3) is 0.481. The van der Waals surface area contributed by atoms with Gasteiger partial charge in [-0.2, -0.15) is 0 Å². The van der Waals surface area contributed by atoms with Crippen molar-refractivity contribution in [3.8, 4) is 11.5 Å². The third-order valence-corrected chi connectivity index (χ3v) is 6.30. The summed E-state index contributed by atoms with van der Waals surface area (Å²) in [6, 6.07) is 12.8. The second-order valence-electron chi connectivity index (χ2n) is 8.58. The lowest BCUT2D eigenvalue weighted by molar-refractivity contribution is -0.143. The van der Waals surface area contributed by atoms with Crippen LogP contribution in [0.1, 0.15) is 64.0 Å². The van der Waals surface area contributed by atoms with E-state index in [-0.39, 0.29) is 25.0 Å². The highest BCUT2D eigenvalue weighted by Crippen LogP contribution is 2.29. The molecule has 0 spiro atoms. The number of nitrogens with one attached hydrogen (secondary N) is 1. The van der Waals surface area contributed by atoms with Gasteiger partial charge in [-0.1, -0.05) is 52.3 Å². The summed E-state index contributed by atoms with van der Waals surface area (Å²) in [4.78, 5) is 27.9. The van der Waals surface area contributed by atoms with Crippen LogP contribution in [0.25, 0.3) is 0 Å². The van der Waals surface area contributed by atoms with Crippen molar-refractivity contribution in [1.82, 2.24) is 10.2 Å². The summed E-state index contributed by atoms with van der Waals surface area (Å²) in [6.07, 6.45) is 2.39. The largest absolute Gasteiger partial charge is 0.497 e. The molecular weight excluding hydrogens is 496 g/mol. The molecule has 0 saturated carbocycles. The van der Waals surface area contributed by atoms with Crippen molar-refractivity contribution in [2.75, 3.05) is 20.3 Å². The quantitative estimate of drug-likeness (QED) is 0.337. The summed E-state index contributed by atoms with van der Waals surface area (Å²) < 4.78 is 12.0. The van der Waals surface area contributed by atoms with Gasteiger partial charge in [0.2, 0.25) is 5.91 Å². The Hall–Kier alpha value is -2.54. The molecule has 0 aromatic heterocycles. The smallest absolute Gasteiger partial charge is 0.261 e. The Labute approximate surface area is 212 Å². The molecule has 2 aromatic rings. The summed E-state index contributed by atoms with van der Waals surface area (Å²) in [5, 5.41) is 2.97. The van der Waals surface area contributed by atoms with Crippen LogP contribution in [0.5, 0.6) is 11.5 Å². The van der Waals surface area contributed by atoms with Gasteiger partial charge in [0.05, 0.1) is 11.6 Å². The van der Waals surface area contributed by atoms with Gasteiger partial charge < -0.3 is 19.7 Å². The molecule has 2 aromatic carbocycles. The first kappa shape index (κ1) is 27.7. The lowest BCUT2D eigenvalue weighted by Crippen LogP contribution is -2.50. The van der Waals surface area contributed by atoms with Crippen molar-refractivity contribution in [3.05, 3.63) is 58.1 Å². The Bertz CT molecular complexity index is 948. The van der Waals surface area contributed by atoms with Crippen molar-refractivity contribution in [2.45, 2.75) is 65.5 Å². The minimum Gasteiger partial charge on any atom is -0.497 e. The van der Waals surface area contributed by atoms with E-state index in [2.05, 4.69) is 42.0 Å². The van der Waals surface area contributed by atoms with Crippen LogP contribution in [-0.4, -0.2) is 43.0 Å². The van der Waals surface area contributed by atoms with Gasteiger partial charge in [-0.25, -0.2) is 0 Å². The fourth-order valence-corrected chi connectivity index (χ4v) is 4.12. The van der Waals surface area contributed by atoms with Gasteiger partial charge in [-0.05, 0) is 70.1 Å². The molecule has 0 aliphatic rings. The molecule has 0 saturated heterocycles. The van der Waals surface area contributed by atoms with Crippen molar-refractivity contribution < 1.29 is 19.1 Å². The van der Waals surface area contributed by atoms with Gasteiger partial charge in [0.25, 0.3) is 5.91 Å². The Balaban J connectivity index is 2.22. The molecule has 6 nitrogen and oxygen atoms in total. The van der Waals surface area contributed by atoms with E-state index >= 15 is 0 Å². The Morgan fingerprint density at radius 2 is 1.88 bits per heavy atom. The van der Waals surface area contributed by atoms with E-state index in [1.165, 1.54) is 5.56 Å². The van der Waals surface area contributed by atoms with E-state index in [1.54, 1.807) is 12.0 Å². The molecule has 34 heavy (non-hydrogen) atoms. The number of carbonyl (C=O) groups excluding carboxylic acids is 2. The minimum atomic E-state index is -0.592. The molecule has 0 aliphatic carbocycles. The van der Waals surface area contributed by atoms with Crippen LogP contribution < -0.4 is 14.8 Å². The molecule has 0 radical (unpaired) electrons. The number of nitrogens with zero attached hydrogens (tertiary/aromatic N) is 1. The third kappa shape index (κ3) is 8.05. The molecule has 1 atom stereocenters. The first-order valence-electron chi connectivity index (χ1n) is 11.9. The maximum atomic E-state index is 13.4. The number of hydrogen-bond acceptors (Lipinski definition) is 4.